The van der Waals surface area contributed by atoms with Crippen LogP contribution in [-0.2, 0) is 0 Å². The molecule has 3 aromatic rings. The predicted octanol–water partition coefficient (Wildman–Crippen LogP) is 4.88. The number of methoxy groups -OCH3 is 1. The number of carbonyl (C=O) groups is 1. The summed E-state index contributed by atoms with van der Waals surface area (Å²) in [5.41, 5.74) is 1.56. The van der Waals surface area contributed by atoms with Crippen molar-refractivity contribution in [3.05, 3.63) is 58.9 Å². The molecule has 0 aliphatic carbocycles. The smallest absolute Gasteiger partial charge is 0.322 e. The number of halogens is 1. The number of rotatable bonds is 4. The van der Waals surface area contributed by atoms with E-state index in [1.54, 1.807) is 12.0 Å². The van der Waals surface area contributed by atoms with Crippen molar-refractivity contribution in [2.45, 2.75) is 18.9 Å². The first-order valence-corrected chi connectivity index (χ1v) is 9.75. The van der Waals surface area contributed by atoms with Gasteiger partial charge in [-0.3, -0.25) is 0 Å². The number of ether oxygens (including phenoxy) is 1. The fraction of sp³-hybridized carbons (Fsp3) is 0.250. The number of amides is 2. The number of hydrogen-bond donors (Lipinski definition) is 1. The van der Waals surface area contributed by atoms with E-state index in [0.717, 1.165) is 34.3 Å². The van der Waals surface area contributed by atoms with Gasteiger partial charge in [0.15, 0.2) is 0 Å². The van der Waals surface area contributed by atoms with Gasteiger partial charge in [-0.1, -0.05) is 17.3 Å². The molecule has 0 spiro atoms. The van der Waals surface area contributed by atoms with Crippen molar-refractivity contribution in [1.82, 2.24) is 15.0 Å². The molecule has 0 bridgehead atoms. The van der Waals surface area contributed by atoms with Gasteiger partial charge in [0, 0.05) is 16.6 Å². The van der Waals surface area contributed by atoms with Crippen molar-refractivity contribution in [3.8, 4) is 17.1 Å². The van der Waals surface area contributed by atoms with Crippen LogP contribution in [0.2, 0.25) is 0 Å². The Kier molecular flexibility index (Phi) is 5.29. The summed E-state index contributed by atoms with van der Waals surface area (Å²) in [5, 5.41) is 7.02. The lowest BCUT2D eigenvalue weighted by molar-refractivity contribution is 0.193. The van der Waals surface area contributed by atoms with Crippen LogP contribution >= 0.6 is 15.9 Å². The third kappa shape index (κ3) is 3.73. The van der Waals surface area contributed by atoms with Crippen LogP contribution in [0.15, 0.2) is 57.5 Å². The topological polar surface area (TPSA) is 80.5 Å². The summed E-state index contributed by atoms with van der Waals surface area (Å²) >= 11 is 3.45. The highest BCUT2D eigenvalue weighted by Gasteiger charge is 2.34. The minimum absolute atomic E-state index is 0.182. The molecule has 4 rings (SSSR count). The second kappa shape index (κ2) is 8.02. The number of nitrogens with zero attached hydrogens (tertiary/aromatic N) is 3. The van der Waals surface area contributed by atoms with Crippen LogP contribution in [0.25, 0.3) is 11.4 Å². The maximum atomic E-state index is 12.8. The molecule has 0 radical (unpaired) electrons. The highest BCUT2D eigenvalue weighted by atomic mass is 79.9. The molecule has 144 valence electrons. The van der Waals surface area contributed by atoms with Gasteiger partial charge < -0.3 is 19.5 Å². The first kappa shape index (κ1) is 18.5. The van der Waals surface area contributed by atoms with Crippen molar-refractivity contribution >= 4 is 27.6 Å². The third-order valence-corrected chi connectivity index (χ3v) is 5.40. The van der Waals surface area contributed by atoms with E-state index in [9.17, 15) is 4.79 Å². The normalized spacial score (nSPS) is 16.2. The van der Waals surface area contributed by atoms with Crippen molar-refractivity contribution < 1.29 is 14.1 Å². The third-order valence-electron chi connectivity index (χ3n) is 4.70. The standard InChI is InChI=1S/C20H19BrN4O3/c1-27-14-10-8-13(9-11-14)18-23-19(28-24-18)17-7-4-12-25(17)20(26)22-16-6-3-2-5-15(16)21/h2-3,5-6,8-11,17H,4,7,12H2,1H3,(H,22,26)/t17-/m1/s1. The van der Waals surface area contributed by atoms with Crippen LogP contribution in [0.3, 0.4) is 0 Å². The molecule has 1 aliphatic rings. The van der Waals surface area contributed by atoms with E-state index in [2.05, 4.69) is 31.4 Å². The van der Waals surface area contributed by atoms with E-state index in [1.807, 2.05) is 48.5 Å². The van der Waals surface area contributed by atoms with E-state index < -0.39 is 0 Å². The van der Waals surface area contributed by atoms with Gasteiger partial charge in [-0.05, 0) is 65.2 Å². The summed E-state index contributed by atoms with van der Waals surface area (Å²) in [4.78, 5) is 19.1. The number of urea groups is 1. The minimum atomic E-state index is -0.234. The Balaban J connectivity index is 1.51. The van der Waals surface area contributed by atoms with E-state index in [0.29, 0.717) is 18.3 Å². The van der Waals surface area contributed by atoms with Gasteiger partial charge in [0.25, 0.3) is 0 Å². The number of benzene rings is 2. The summed E-state index contributed by atoms with van der Waals surface area (Å²) in [6.45, 7) is 0.640. The van der Waals surface area contributed by atoms with E-state index >= 15 is 0 Å². The molecule has 8 heteroatoms. The number of aromatic nitrogens is 2. The molecule has 1 aromatic heterocycles. The van der Waals surface area contributed by atoms with Crippen LogP contribution in [0, 0.1) is 0 Å². The van der Waals surface area contributed by atoms with Gasteiger partial charge in [-0.25, -0.2) is 4.79 Å². The van der Waals surface area contributed by atoms with Crippen molar-refractivity contribution in [2.24, 2.45) is 0 Å². The van der Waals surface area contributed by atoms with Crippen LogP contribution in [-0.4, -0.2) is 34.7 Å². The SMILES string of the molecule is COc1ccc(-c2noc([C@H]3CCCN3C(=O)Nc3ccccc3Br)n2)cc1. The maximum Gasteiger partial charge on any atom is 0.322 e. The van der Waals surface area contributed by atoms with Gasteiger partial charge in [0.2, 0.25) is 11.7 Å². The van der Waals surface area contributed by atoms with Gasteiger partial charge in [-0.2, -0.15) is 4.98 Å². The highest BCUT2D eigenvalue weighted by Crippen LogP contribution is 2.33. The van der Waals surface area contributed by atoms with Crippen molar-refractivity contribution in [1.29, 1.82) is 0 Å². The summed E-state index contributed by atoms with van der Waals surface area (Å²) in [6.07, 6.45) is 1.67. The molecule has 28 heavy (non-hydrogen) atoms. The molecule has 1 N–H and O–H groups in total. The first-order chi connectivity index (χ1) is 13.7. The fourth-order valence-corrected chi connectivity index (χ4v) is 3.63. The Labute approximate surface area is 170 Å². The Morgan fingerprint density at radius 2 is 2.04 bits per heavy atom. The fourth-order valence-electron chi connectivity index (χ4n) is 3.24. The summed E-state index contributed by atoms with van der Waals surface area (Å²) < 4.78 is 11.5. The second-order valence-electron chi connectivity index (χ2n) is 6.45. The lowest BCUT2D eigenvalue weighted by Crippen LogP contribution is -2.34. The zero-order valence-corrected chi connectivity index (χ0v) is 16.8. The van der Waals surface area contributed by atoms with Crippen molar-refractivity contribution in [2.75, 3.05) is 19.0 Å². The monoisotopic (exact) mass is 442 g/mol. The number of anilines is 1. The van der Waals surface area contributed by atoms with Crippen molar-refractivity contribution in [3.63, 3.8) is 0 Å². The van der Waals surface area contributed by atoms with Crippen LogP contribution in [0.4, 0.5) is 10.5 Å². The van der Waals surface area contributed by atoms with E-state index in [1.165, 1.54) is 0 Å². The second-order valence-corrected chi connectivity index (χ2v) is 7.30. The Bertz CT molecular complexity index is 974. The molecular weight excluding hydrogens is 424 g/mol. The Morgan fingerprint density at radius 1 is 1.25 bits per heavy atom. The predicted molar refractivity (Wildman–Crippen MR) is 108 cm³/mol. The zero-order valence-electron chi connectivity index (χ0n) is 15.3. The molecule has 0 unspecified atom stereocenters. The largest absolute Gasteiger partial charge is 0.497 e. The van der Waals surface area contributed by atoms with Crippen LogP contribution in [0.5, 0.6) is 5.75 Å². The lowest BCUT2D eigenvalue weighted by atomic mass is 10.2. The van der Waals surface area contributed by atoms with Gasteiger partial charge in [0.1, 0.15) is 11.8 Å². The number of likely N-dealkylation sites (tertiary alicyclic amines) is 1. The molecule has 2 aromatic carbocycles. The Hall–Kier alpha value is -2.87. The first-order valence-electron chi connectivity index (χ1n) is 8.96. The molecule has 0 saturated carbocycles. The molecule has 1 saturated heterocycles. The molecule has 1 aliphatic heterocycles. The summed E-state index contributed by atoms with van der Waals surface area (Å²) in [7, 11) is 1.62. The number of nitrogens with one attached hydrogen (secondary N) is 1. The maximum absolute atomic E-state index is 12.8. The van der Waals surface area contributed by atoms with Gasteiger partial charge >= 0.3 is 6.03 Å². The van der Waals surface area contributed by atoms with Crippen LogP contribution < -0.4 is 10.1 Å². The van der Waals surface area contributed by atoms with Gasteiger partial charge in [0.05, 0.1) is 12.8 Å². The lowest BCUT2D eigenvalue weighted by Gasteiger charge is -2.22. The Morgan fingerprint density at radius 3 is 2.79 bits per heavy atom. The molecule has 7 nitrogen and oxygen atoms in total. The average Bonchev–Trinajstić information content (AvgIpc) is 3.39. The average molecular weight is 443 g/mol. The van der Waals surface area contributed by atoms with Gasteiger partial charge in [-0.15, -0.1) is 0 Å². The number of para-hydroxylation sites is 1. The van der Waals surface area contributed by atoms with Crippen LogP contribution in [0.1, 0.15) is 24.8 Å². The number of carbonyl (C=O) groups excluding carboxylic acids is 1. The minimum Gasteiger partial charge on any atom is -0.497 e. The molecule has 2 amide bonds. The molecular formula is C20H19BrN4O3. The van der Waals surface area contributed by atoms with E-state index in [4.69, 9.17) is 9.26 Å². The summed E-state index contributed by atoms with van der Waals surface area (Å²) in [6, 6.07) is 14.5. The zero-order chi connectivity index (χ0) is 19.5. The summed E-state index contributed by atoms with van der Waals surface area (Å²) in [5.74, 6) is 1.71. The highest BCUT2D eigenvalue weighted by molar-refractivity contribution is 9.10. The quantitative estimate of drug-likeness (QED) is 0.622. The molecule has 1 fully saturated rings. The molecule has 1 atom stereocenters. The molecule has 2 heterocycles. The van der Waals surface area contributed by atoms with E-state index in [-0.39, 0.29) is 12.1 Å². The number of hydrogen-bond acceptors (Lipinski definition) is 5.